The lowest BCUT2D eigenvalue weighted by molar-refractivity contribution is 0.0888. The molecule has 0 aliphatic carbocycles. The topological polar surface area (TPSA) is 23.5 Å². The molecule has 1 saturated heterocycles. The zero-order valence-electron chi connectivity index (χ0n) is 7.75. The van der Waals surface area contributed by atoms with E-state index in [1.807, 2.05) is 0 Å². The van der Waals surface area contributed by atoms with Gasteiger partial charge in [-0.05, 0) is 38.3 Å². The zero-order valence-corrected chi connectivity index (χ0v) is 7.75. The Kier molecular flexibility index (Phi) is 4.59. The Morgan fingerprint density at radius 1 is 1.31 bits per heavy atom. The van der Waals surface area contributed by atoms with Crippen molar-refractivity contribution in [2.45, 2.75) is 25.7 Å². The highest BCUT2D eigenvalue weighted by atomic mass is 19.3. The molecule has 4 heteroatoms. The van der Waals surface area contributed by atoms with Gasteiger partial charge < -0.3 is 5.11 Å². The van der Waals surface area contributed by atoms with Crippen LogP contribution >= 0.6 is 0 Å². The Morgan fingerprint density at radius 2 is 2.08 bits per heavy atom. The van der Waals surface area contributed by atoms with Gasteiger partial charge in [0, 0.05) is 6.61 Å². The second-order valence-electron chi connectivity index (χ2n) is 3.67. The summed E-state index contributed by atoms with van der Waals surface area (Å²) in [6, 6.07) is 0. The van der Waals surface area contributed by atoms with Gasteiger partial charge in [-0.3, -0.25) is 4.90 Å². The third kappa shape index (κ3) is 4.00. The van der Waals surface area contributed by atoms with E-state index in [0.717, 1.165) is 25.8 Å². The van der Waals surface area contributed by atoms with Gasteiger partial charge in [-0.1, -0.05) is 0 Å². The van der Waals surface area contributed by atoms with E-state index in [4.69, 9.17) is 5.11 Å². The standard InChI is InChI=1S/C9H17F2NO/c10-9(11)6-12-4-1-2-8(7-13)3-5-12/h8-9,13H,1-7H2. The number of halogens is 2. The van der Waals surface area contributed by atoms with Crippen LogP contribution in [0.15, 0.2) is 0 Å². The molecular weight excluding hydrogens is 176 g/mol. The molecule has 13 heavy (non-hydrogen) atoms. The fourth-order valence-corrected chi connectivity index (χ4v) is 1.79. The smallest absolute Gasteiger partial charge is 0.251 e. The van der Waals surface area contributed by atoms with Gasteiger partial charge in [0.2, 0.25) is 0 Å². The van der Waals surface area contributed by atoms with Crippen LogP contribution in [0.25, 0.3) is 0 Å². The Balaban J connectivity index is 2.27. The first-order valence-electron chi connectivity index (χ1n) is 4.83. The monoisotopic (exact) mass is 193 g/mol. The van der Waals surface area contributed by atoms with E-state index in [-0.39, 0.29) is 13.2 Å². The van der Waals surface area contributed by atoms with E-state index in [1.165, 1.54) is 0 Å². The predicted molar refractivity (Wildman–Crippen MR) is 46.9 cm³/mol. The molecule has 1 aliphatic rings. The summed E-state index contributed by atoms with van der Waals surface area (Å²) in [5.74, 6) is 0.322. The number of rotatable bonds is 3. The Hall–Kier alpha value is -0.220. The van der Waals surface area contributed by atoms with E-state index >= 15 is 0 Å². The molecule has 0 amide bonds. The van der Waals surface area contributed by atoms with Gasteiger partial charge in [0.1, 0.15) is 0 Å². The molecule has 1 fully saturated rings. The first kappa shape index (κ1) is 10.9. The van der Waals surface area contributed by atoms with Crippen LogP contribution in [0.3, 0.4) is 0 Å². The summed E-state index contributed by atoms with van der Waals surface area (Å²) in [7, 11) is 0. The second kappa shape index (κ2) is 5.50. The number of aliphatic hydroxyl groups is 1. The first-order valence-corrected chi connectivity index (χ1v) is 4.83. The molecule has 1 rings (SSSR count). The summed E-state index contributed by atoms with van der Waals surface area (Å²) in [5, 5.41) is 8.92. The maximum atomic E-state index is 12.0. The summed E-state index contributed by atoms with van der Waals surface area (Å²) < 4.78 is 24.1. The van der Waals surface area contributed by atoms with Gasteiger partial charge in [0.25, 0.3) is 6.43 Å². The van der Waals surface area contributed by atoms with Crippen molar-refractivity contribution in [3.05, 3.63) is 0 Å². The molecule has 0 saturated carbocycles. The fraction of sp³-hybridized carbons (Fsp3) is 1.00. The van der Waals surface area contributed by atoms with E-state index in [2.05, 4.69) is 0 Å². The summed E-state index contributed by atoms with van der Waals surface area (Å²) in [6.07, 6.45) is 0.517. The zero-order chi connectivity index (χ0) is 9.68. The number of likely N-dealkylation sites (tertiary alicyclic amines) is 1. The maximum Gasteiger partial charge on any atom is 0.251 e. The average molecular weight is 193 g/mol. The largest absolute Gasteiger partial charge is 0.396 e. The highest BCUT2D eigenvalue weighted by Crippen LogP contribution is 2.17. The van der Waals surface area contributed by atoms with Crippen LogP contribution in [-0.2, 0) is 0 Å². The van der Waals surface area contributed by atoms with E-state index in [0.29, 0.717) is 12.5 Å². The predicted octanol–water partition coefficient (Wildman–Crippen LogP) is 1.35. The molecule has 0 spiro atoms. The van der Waals surface area contributed by atoms with Crippen molar-refractivity contribution in [2.75, 3.05) is 26.2 Å². The van der Waals surface area contributed by atoms with Gasteiger partial charge in [-0.15, -0.1) is 0 Å². The maximum absolute atomic E-state index is 12.0. The van der Waals surface area contributed by atoms with Crippen molar-refractivity contribution >= 4 is 0 Å². The molecular formula is C9H17F2NO. The van der Waals surface area contributed by atoms with Crippen molar-refractivity contribution in [2.24, 2.45) is 5.92 Å². The number of hydrogen-bond acceptors (Lipinski definition) is 2. The fourth-order valence-electron chi connectivity index (χ4n) is 1.79. The summed E-state index contributed by atoms with van der Waals surface area (Å²) in [4.78, 5) is 1.79. The second-order valence-corrected chi connectivity index (χ2v) is 3.67. The normalized spacial score (nSPS) is 26.3. The molecule has 1 heterocycles. The highest BCUT2D eigenvalue weighted by Gasteiger charge is 2.18. The van der Waals surface area contributed by atoms with E-state index in [9.17, 15) is 8.78 Å². The lowest BCUT2D eigenvalue weighted by Crippen LogP contribution is -2.30. The number of nitrogens with zero attached hydrogens (tertiary/aromatic N) is 1. The van der Waals surface area contributed by atoms with Crippen molar-refractivity contribution < 1.29 is 13.9 Å². The molecule has 2 nitrogen and oxygen atoms in total. The summed E-state index contributed by atoms with van der Waals surface area (Å²) in [6.45, 7) is 1.54. The quantitative estimate of drug-likeness (QED) is 0.731. The number of aliphatic hydroxyl groups excluding tert-OH is 1. The molecule has 78 valence electrons. The first-order chi connectivity index (χ1) is 6.22. The van der Waals surface area contributed by atoms with Crippen molar-refractivity contribution in [1.82, 2.24) is 4.90 Å². The van der Waals surface area contributed by atoms with Crippen LogP contribution in [0.4, 0.5) is 8.78 Å². The van der Waals surface area contributed by atoms with Crippen molar-refractivity contribution in [1.29, 1.82) is 0 Å². The minimum Gasteiger partial charge on any atom is -0.396 e. The molecule has 1 N–H and O–H groups in total. The average Bonchev–Trinajstić information content (AvgIpc) is 2.29. The van der Waals surface area contributed by atoms with Crippen LogP contribution in [0.1, 0.15) is 19.3 Å². The minimum atomic E-state index is -2.23. The number of alkyl halides is 2. The van der Waals surface area contributed by atoms with Gasteiger partial charge in [0.15, 0.2) is 0 Å². The van der Waals surface area contributed by atoms with Crippen LogP contribution in [0.2, 0.25) is 0 Å². The van der Waals surface area contributed by atoms with Crippen LogP contribution < -0.4 is 0 Å². The van der Waals surface area contributed by atoms with Crippen LogP contribution in [0.5, 0.6) is 0 Å². The molecule has 0 aromatic heterocycles. The van der Waals surface area contributed by atoms with Crippen molar-refractivity contribution in [3.8, 4) is 0 Å². The van der Waals surface area contributed by atoms with Gasteiger partial charge in [-0.25, -0.2) is 8.78 Å². The molecule has 0 aromatic carbocycles. The molecule has 1 unspecified atom stereocenters. The molecule has 1 aliphatic heterocycles. The van der Waals surface area contributed by atoms with E-state index < -0.39 is 6.43 Å². The Morgan fingerprint density at radius 3 is 2.69 bits per heavy atom. The SMILES string of the molecule is OCC1CCCN(CC(F)F)CC1. The third-order valence-electron chi connectivity index (χ3n) is 2.59. The van der Waals surface area contributed by atoms with Crippen LogP contribution in [0, 0.1) is 5.92 Å². The summed E-state index contributed by atoms with van der Waals surface area (Å²) >= 11 is 0. The van der Waals surface area contributed by atoms with Crippen molar-refractivity contribution in [3.63, 3.8) is 0 Å². The molecule has 1 atom stereocenters. The van der Waals surface area contributed by atoms with Gasteiger partial charge >= 0.3 is 0 Å². The molecule has 0 radical (unpaired) electrons. The third-order valence-corrected chi connectivity index (χ3v) is 2.59. The van der Waals surface area contributed by atoms with Gasteiger partial charge in [0.05, 0.1) is 6.54 Å². The molecule has 0 aromatic rings. The van der Waals surface area contributed by atoms with Gasteiger partial charge in [-0.2, -0.15) is 0 Å². The minimum absolute atomic E-state index is 0.113. The lowest BCUT2D eigenvalue weighted by atomic mass is 10.0. The summed E-state index contributed by atoms with van der Waals surface area (Å²) in [5.41, 5.74) is 0. The highest BCUT2D eigenvalue weighted by molar-refractivity contribution is 4.69. The Bertz CT molecular complexity index is 144. The van der Waals surface area contributed by atoms with Crippen LogP contribution in [-0.4, -0.2) is 42.7 Å². The van der Waals surface area contributed by atoms with E-state index in [1.54, 1.807) is 4.90 Å². The Labute approximate surface area is 77.5 Å². The lowest BCUT2D eigenvalue weighted by Gasteiger charge is -2.18. The number of hydrogen-bond donors (Lipinski definition) is 1. The molecule has 0 bridgehead atoms.